The van der Waals surface area contributed by atoms with Crippen LogP contribution >= 0.6 is 0 Å². The van der Waals surface area contributed by atoms with Gasteiger partial charge in [-0.25, -0.2) is 4.79 Å². The minimum Gasteiger partial charge on any atom is -0.444 e. The van der Waals surface area contributed by atoms with Gasteiger partial charge in [0.2, 0.25) is 5.91 Å². The van der Waals surface area contributed by atoms with E-state index in [0.717, 1.165) is 0 Å². The molecule has 0 aliphatic rings. The summed E-state index contributed by atoms with van der Waals surface area (Å²) >= 11 is 0. The van der Waals surface area contributed by atoms with Crippen molar-refractivity contribution < 1.29 is 14.3 Å². The summed E-state index contributed by atoms with van der Waals surface area (Å²) in [5, 5.41) is 5.08. The van der Waals surface area contributed by atoms with Crippen LogP contribution < -0.4 is 10.6 Å². The molecule has 0 aliphatic heterocycles. The van der Waals surface area contributed by atoms with Crippen molar-refractivity contribution in [2.24, 2.45) is 5.92 Å². The standard InChI is InChI=1S/C11H22N2O3/c1-8(2)6-12-9(14)7-13-10(15)16-11(3,4)5/h8H,6-7H2,1-5H3,(H,12,14)(H,13,15). The molecule has 0 aromatic carbocycles. The van der Waals surface area contributed by atoms with Crippen LogP contribution in [0.15, 0.2) is 0 Å². The van der Waals surface area contributed by atoms with Gasteiger partial charge in [0.05, 0.1) is 6.54 Å². The first-order chi connectivity index (χ1) is 7.20. The van der Waals surface area contributed by atoms with Crippen LogP contribution in [0.2, 0.25) is 0 Å². The van der Waals surface area contributed by atoms with Gasteiger partial charge in [-0.05, 0) is 26.7 Å². The van der Waals surface area contributed by atoms with E-state index in [4.69, 9.17) is 4.74 Å². The summed E-state index contributed by atoms with van der Waals surface area (Å²) in [7, 11) is 0. The van der Waals surface area contributed by atoms with Gasteiger partial charge in [0.25, 0.3) is 0 Å². The van der Waals surface area contributed by atoms with Crippen LogP contribution in [0.1, 0.15) is 34.6 Å². The first kappa shape index (κ1) is 14.7. The molecule has 5 heteroatoms. The van der Waals surface area contributed by atoms with Crippen LogP contribution in [0.25, 0.3) is 0 Å². The number of hydrogen-bond acceptors (Lipinski definition) is 3. The zero-order valence-corrected chi connectivity index (χ0v) is 10.7. The second-order valence-corrected chi connectivity index (χ2v) is 5.05. The van der Waals surface area contributed by atoms with Gasteiger partial charge in [-0.3, -0.25) is 4.79 Å². The Hall–Kier alpha value is -1.26. The third-order valence-electron chi connectivity index (χ3n) is 1.50. The maximum Gasteiger partial charge on any atom is 0.408 e. The van der Waals surface area contributed by atoms with Gasteiger partial charge in [0, 0.05) is 6.54 Å². The van der Waals surface area contributed by atoms with Gasteiger partial charge in [-0.1, -0.05) is 13.8 Å². The zero-order valence-electron chi connectivity index (χ0n) is 10.7. The fraction of sp³-hybridized carbons (Fsp3) is 0.818. The Morgan fingerprint density at radius 3 is 2.19 bits per heavy atom. The summed E-state index contributed by atoms with van der Waals surface area (Å²) in [5.41, 5.74) is -0.543. The molecule has 0 heterocycles. The van der Waals surface area contributed by atoms with Gasteiger partial charge in [0.1, 0.15) is 5.60 Å². The maximum atomic E-state index is 11.2. The lowest BCUT2D eigenvalue weighted by Crippen LogP contribution is -2.40. The molecule has 0 saturated heterocycles. The van der Waals surface area contributed by atoms with E-state index in [1.165, 1.54) is 0 Å². The van der Waals surface area contributed by atoms with Crippen LogP contribution in [0.5, 0.6) is 0 Å². The number of rotatable bonds is 4. The monoisotopic (exact) mass is 230 g/mol. The molecular formula is C11H22N2O3. The number of alkyl carbamates (subject to hydrolysis) is 1. The van der Waals surface area contributed by atoms with Crippen molar-refractivity contribution in [1.29, 1.82) is 0 Å². The molecule has 94 valence electrons. The topological polar surface area (TPSA) is 67.4 Å². The Labute approximate surface area is 96.9 Å². The summed E-state index contributed by atoms with van der Waals surface area (Å²) in [4.78, 5) is 22.4. The minimum atomic E-state index is -0.577. The van der Waals surface area contributed by atoms with Gasteiger partial charge < -0.3 is 15.4 Å². The van der Waals surface area contributed by atoms with E-state index in [9.17, 15) is 9.59 Å². The third-order valence-corrected chi connectivity index (χ3v) is 1.50. The van der Waals surface area contributed by atoms with Crippen molar-refractivity contribution >= 4 is 12.0 Å². The highest BCUT2D eigenvalue weighted by atomic mass is 16.6. The van der Waals surface area contributed by atoms with Gasteiger partial charge in [0.15, 0.2) is 0 Å². The molecule has 0 aliphatic carbocycles. The Balaban J connectivity index is 3.72. The smallest absolute Gasteiger partial charge is 0.408 e. The number of hydrogen-bond donors (Lipinski definition) is 2. The van der Waals surface area contributed by atoms with Crippen molar-refractivity contribution in [3.8, 4) is 0 Å². The molecule has 0 bridgehead atoms. The summed E-state index contributed by atoms with van der Waals surface area (Å²) in [6, 6.07) is 0. The van der Waals surface area contributed by atoms with Crippen LogP contribution in [0.4, 0.5) is 4.79 Å². The van der Waals surface area contributed by atoms with Crippen LogP contribution in [-0.4, -0.2) is 30.7 Å². The number of carbonyl (C=O) groups is 2. The summed E-state index contributed by atoms with van der Waals surface area (Å²) in [6.07, 6.45) is -0.577. The first-order valence-electron chi connectivity index (χ1n) is 5.44. The highest BCUT2D eigenvalue weighted by Crippen LogP contribution is 2.05. The first-order valence-corrected chi connectivity index (χ1v) is 5.44. The lowest BCUT2D eigenvalue weighted by atomic mass is 10.2. The van der Waals surface area contributed by atoms with Crippen molar-refractivity contribution in [1.82, 2.24) is 10.6 Å². The van der Waals surface area contributed by atoms with Crippen LogP contribution in [0.3, 0.4) is 0 Å². The lowest BCUT2D eigenvalue weighted by Gasteiger charge is -2.19. The molecule has 0 fully saturated rings. The minimum absolute atomic E-state index is 0.0539. The Morgan fingerprint density at radius 2 is 1.75 bits per heavy atom. The van der Waals surface area contributed by atoms with Gasteiger partial charge in [-0.15, -0.1) is 0 Å². The van der Waals surface area contributed by atoms with Crippen molar-refractivity contribution in [3.05, 3.63) is 0 Å². The molecule has 0 unspecified atom stereocenters. The molecular weight excluding hydrogens is 208 g/mol. The molecule has 2 N–H and O–H groups in total. The van der Waals surface area contributed by atoms with Crippen molar-refractivity contribution in [2.45, 2.75) is 40.2 Å². The molecule has 0 atom stereocenters. The second kappa shape index (κ2) is 6.35. The molecule has 0 rings (SSSR count). The summed E-state index contributed by atoms with van der Waals surface area (Å²) < 4.78 is 4.98. The van der Waals surface area contributed by atoms with Gasteiger partial charge in [-0.2, -0.15) is 0 Å². The number of nitrogens with one attached hydrogen (secondary N) is 2. The fourth-order valence-electron chi connectivity index (χ4n) is 0.847. The highest BCUT2D eigenvalue weighted by Gasteiger charge is 2.16. The van der Waals surface area contributed by atoms with Crippen LogP contribution in [-0.2, 0) is 9.53 Å². The molecule has 0 aromatic rings. The maximum absolute atomic E-state index is 11.2. The molecule has 2 amide bonds. The molecule has 16 heavy (non-hydrogen) atoms. The predicted molar refractivity (Wildman–Crippen MR) is 62.1 cm³/mol. The second-order valence-electron chi connectivity index (χ2n) is 5.05. The SMILES string of the molecule is CC(C)CNC(=O)CNC(=O)OC(C)(C)C. The average Bonchev–Trinajstić information content (AvgIpc) is 2.08. The normalized spacial score (nSPS) is 11.1. The number of ether oxygens (including phenoxy) is 1. The van der Waals surface area contributed by atoms with E-state index in [1.54, 1.807) is 20.8 Å². The number of amides is 2. The molecule has 0 radical (unpaired) electrons. The molecule has 0 aromatic heterocycles. The Kier molecular flexibility index (Phi) is 5.85. The Bertz CT molecular complexity index is 244. The Morgan fingerprint density at radius 1 is 1.19 bits per heavy atom. The van der Waals surface area contributed by atoms with E-state index in [1.807, 2.05) is 13.8 Å². The lowest BCUT2D eigenvalue weighted by molar-refractivity contribution is -0.120. The molecule has 5 nitrogen and oxygen atoms in total. The van der Waals surface area contributed by atoms with E-state index in [2.05, 4.69) is 10.6 Å². The van der Waals surface area contributed by atoms with Crippen molar-refractivity contribution in [2.75, 3.05) is 13.1 Å². The van der Waals surface area contributed by atoms with E-state index in [-0.39, 0.29) is 12.5 Å². The van der Waals surface area contributed by atoms with E-state index < -0.39 is 11.7 Å². The summed E-state index contributed by atoms with van der Waals surface area (Å²) in [6.45, 7) is 9.86. The number of carbonyl (C=O) groups excluding carboxylic acids is 2. The van der Waals surface area contributed by atoms with Crippen LogP contribution in [0, 0.1) is 5.92 Å². The predicted octanol–water partition coefficient (Wildman–Crippen LogP) is 1.28. The van der Waals surface area contributed by atoms with E-state index in [0.29, 0.717) is 12.5 Å². The van der Waals surface area contributed by atoms with E-state index >= 15 is 0 Å². The largest absolute Gasteiger partial charge is 0.444 e. The average molecular weight is 230 g/mol. The third kappa shape index (κ3) is 9.30. The highest BCUT2D eigenvalue weighted by molar-refractivity contribution is 5.82. The van der Waals surface area contributed by atoms with Crippen molar-refractivity contribution in [3.63, 3.8) is 0 Å². The quantitative estimate of drug-likeness (QED) is 0.764. The van der Waals surface area contributed by atoms with Gasteiger partial charge >= 0.3 is 6.09 Å². The fourth-order valence-corrected chi connectivity index (χ4v) is 0.847. The summed E-state index contributed by atoms with van der Waals surface area (Å²) in [5.74, 6) is 0.185. The zero-order chi connectivity index (χ0) is 12.8. The molecule has 0 spiro atoms. The molecule has 0 saturated carbocycles.